The molecule has 0 spiro atoms. The lowest BCUT2D eigenvalue weighted by atomic mass is 10.0. The zero-order chi connectivity index (χ0) is 17.9. The van der Waals surface area contributed by atoms with Crippen molar-refractivity contribution < 1.29 is 9.13 Å². The number of nitrogens with one attached hydrogen (secondary N) is 2. The maximum absolute atomic E-state index is 13.6. The summed E-state index contributed by atoms with van der Waals surface area (Å²) >= 11 is 0. The third kappa shape index (κ3) is 3.32. The first-order valence-corrected chi connectivity index (χ1v) is 8.76. The van der Waals surface area contributed by atoms with Gasteiger partial charge in [0, 0.05) is 41.9 Å². The van der Waals surface area contributed by atoms with Crippen LogP contribution in [0, 0.1) is 0 Å². The highest BCUT2D eigenvalue weighted by Crippen LogP contribution is 2.31. The second kappa shape index (κ2) is 7.25. The van der Waals surface area contributed by atoms with Crippen molar-refractivity contribution in [3.8, 4) is 17.0 Å². The number of ether oxygens (including phenoxy) is 1. The highest BCUT2D eigenvalue weighted by Gasteiger charge is 2.22. The molecule has 1 saturated heterocycles. The third-order valence-corrected chi connectivity index (χ3v) is 4.69. The Bertz CT molecular complexity index is 900. The van der Waals surface area contributed by atoms with Crippen molar-refractivity contribution in [3.63, 3.8) is 0 Å². The van der Waals surface area contributed by atoms with Gasteiger partial charge in [0.15, 0.2) is 5.82 Å². The summed E-state index contributed by atoms with van der Waals surface area (Å²) in [7, 11) is 1.65. The van der Waals surface area contributed by atoms with E-state index in [-0.39, 0.29) is 6.04 Å². The van der Waals surface area contributed by atoms with Crippen molar-refractivity contribution in [3.05, 3.63) is 48.5 Å². The molecule has 0 radical (unpaired) electrons. The molecule has 4 rings (SSSR count). The van der Waals surface area contributed by atoms with Crippen molar-refractivity contribution in [2.75, 3.05) is 25.5 Å². The van der Waals surface area contributed by atoms with Gasteiger partial charge in [-0.2, -0.15) is 0 Å². The van der Waals surface area contributed by atoms with E-state index in [1.54, 1.807) is 7.11 Å². The first-order valence-electron chi connectivity index (χ1n) is 8.76. The normalized spacial score (nSPS) is 20.1. The molecule has 0 aliphatic carbocycles. The Balaban J connectivity index is 1.70. The predicted octanol–water partition coefficient (Wildman–Crippen LogP) is 3.42. The Labute approximate surface area is 151 Å². The molecule has 1 aliphatic heterocycles. The molecule has 2 aromatic carbocycles. The van der Waals surface area contributed by atoms with E-state index in [4.69, 9.17) is 4.74 Å². The van der Waals surface area contributed by atoms with Gasteiger partial charge in [-0.05, 0) is 24.3 Å². The van der Waals surface area contributed by atoms with E-state index < -0.39 is 6.17 Å². The van der Waals surface area contributed by atoms with Crippen LogP contribution in [0.1, 0.15) is 6.42 Å². The number of benzene rings is 2. The van der Waals surface area contributed by atoms with Gasteiger partial charge in [0.2, 0.25) is 0 Å². The maximum atomic E-state index is 13.6. The molecular weight excluding hydrogens is 331 g/mol. The summed E-state index contributed by atoms with van der Waals surface area (Å²) in [5.74, 6) is 1.49. The molecule has 0 amide bonds. The number of nitrogens with zero attached hydrogens (tertiary/aromatic N) is 2. The first kappa shape index (κ1) is 16.7. The number of hydrogen-bond acceptors (Lipinski definition) is 5. The van der Waals surface area contributed by atoms with Crippen molar-refractivity contribution in [2.24, 2.45) is 0 Å². The maximum Gasteiger partial charge on any atom is 0.156 e. The van der Waals surface area contributed by atoms with Crippen molar-refractivity contribution in [2.45, 2.75) is 18.6 Å². The molecule has 1 aromatic heterocycles. The van der Waals surface area contributed by atoms with Crippen LogP contribution in [-0.2, 0) is 0 Å². The van der Waals surface area contributed by atoms with Gasteiger partial charge in [-0.3, -0.25) is 0 Å². The van der Waals surface area contributed by atoms with Gasteiger partial charge in [0.25, 0.3) is 0 Å². The molecule has 2 N–H and O–H groups in total. The molecule has 134 valence electrons. The zero-order valence-corrected chi connectivity index (χ0v) is 14.6. The molecular formula is C20H21FN4O. The summed E-state index contributed by atoms with van der Waals surface area (Å²) < 4.78 is 18.9. The smallest absolute Gasteiger partial charge is 0.156 e. The number of aromatic nitrogens is 2. The van der Waals surface area contributed by atoms with Gasteiger partial charge in [-0.25, -0.2) is 4.39 Å². The zero-order valence-electron chi connectivity index (χ0n) is 14.6. The summed E-state index contributed by atoms with van der Waals surface area (Å²) in [4.78, 5) is 0. The van der Waals surface area contributed by atoms with Crippen LogP contribution in [0.15, 0.2) is 48.5 Å². The van der Waals surface area contributed by atoms with Crippen molar-refractivity contribution in [1.82, 2.24) is 15.5 Å². The van der Waals surface area contributed by atoms with Gasteiger partial charge < -0.3 is 15.4 Å². The fourth-order valence-electron chi connectivity index (χ4n) is 3.37. The minimum absolute atomic E-state index is 0.00305. The summed E-state index contributed by atoms with van der Waals surface area (Å²) in [5.41, 5.74) is 1.79. The Hall–Kier alpha value is -2.73. The second-order valence-electron chi connectivity index (χ2n) is 6.50. The number of halogens is 1. The number of anilines is 1. The molecule has 26 heavy (non-hydrogen) atoms. The van der Waals surface area contributed by atoms with Crippen LogP contribution in [0.4, 0.5) is 10.2 Å². The number of alkyl halides is 1. The van der Waals surface area contributed by atoms with Crippen LogP contribution in [0.3, 0.4) is 0 Å². The fraction of sp³-hybridized carbons (Fsp3) is 0.300. The van der Waals surface area contributed by atoms with Crippen molar-refractivity contribution in [1.29, 1.82) is 0 Å². The van der Waals surface area contributed by atoms with E-state index in [0.717, 1.165) is 34.3 Å². The number of piperidine rings is 1. The molecule has 1 aliphatic rings. The molecule has 1 fully saturated rings. The van der Waals surface area contributed by atoms with Crippen LogP contribution >= 0.6 is 0 Å². The molecule has 0 unspecified atom stereocenters. The minimum atomic E-state index is -0.834. The Morgan fingerprint density at radius 2 is 1.81 bits per heavy atom. The van der Waals surface area contributed by atoms with Gasteiger partial charge in [-0.1, -0.05) is 24.3 Å². The van der Waals surface area contributed by atoms with E-state index >= 15 is 0 Å². The van der Waals surface area contributed by atoms with Crippen molar-refractivity contribution >= 4 is 16.6 Å². The van der Waals surface area contributed by atoms with Gasteiger partial charge in [0.05, 0.1) is 7.11 Å². The lowest BCUT2D eigenvalue weighted by Crippen LogP contribution is -2.44. The van der Waals surface area contributed by atoms with E-state index in [0.29, 0.717) is 18.8 Å². The number of methoxy groups -OCH3 is 1. The predicted molar refractivity (Wildman–Crippen MR) is 101 cm³/mol. The highest BCUT2D eigenvalue weighted by molar-refractivity contribution is 6.00. The minimum Gasteiger partial charge on any atom is -0.497 e. The molecule has 2 atom stereocenters. The van der Waals surface area contributed by atoms with Crippen LogP contribution in [0.2, 0.25) is 0 Å². The topological polar surface area (TPSA) is 59.1 Å². The SMILES string of the molecule is COc1ccc(-c2nnc(N[C@H]3CNC[C@H](F)C3)c3ccccc23)cc1. The first-order chi connectivity index (χ1) is 12.7. The number of hydrogen-bond donors (Lipinski definition) is 2. The Morgan fingerprint density at radius 3 is 2.54 bits per heavy atom. The van der Waals surface area contributed by atoms with Gasteiger partial charge >= 0.3 is 0 Å². The Kier molecular flexibility index (Phi) is 4.67. The second-order valence-corrected chi connectivity index (χ2v) is 6.50. The summed E-state index contributed by atoms with van der Waals surface area (Å²) in [6.07, 6.45) is -0.359. The monoisotopic (exact) mass is 352 g/mol. The average molecular weight is 352 g/mol. The summed E-state index contributed by atoms with van der Waals surface area (Å²) in [6, 6.07) is 15.8. The van der Waals surface area contributed by atoms with Gasteiger partial charge in [0.1, 0.15) is 17.6 Å². The average Bonchev–Trinajstić information content (AvgIpc) is 2.68. The fourth-order valence-corrected chi connectivity index (χ4v) is 3.37. The largest absolute Gasteiger partial charge is 0.497 e. The van der Waals surface area contributed by atoms with Crippen LogP contribution in [0.5, 0.6) is 5.75 Å². The van der Waals surface area contributed by atoms with E-state index in [1.165, 1.54) is 0 Å². The number of rotatable bonds is 4. The lowest BCUT2D eigenvalue weighted by Gasteiger charge is -2.27. The Morgan fingerprint density at radius 1 is 1.04 bits per heavy atom. The molecule has 2 heterocycles. The third-order valence-electron chi connectivity index (χ3n) is 4.69. The summed E-state index contributed by atoms with van der Waals surface area (Å²) in [5, 5.41) is 17.3. The molecule has 0 bridgehead atoms. The van der Waals surface area contributed by atoms with Crippen LogP contribution in [0.25, 0.3) is 22.0 Å². The van der Waals surface area contributed by atoms with E-state index in [1.807, 2.05) is 48.5 Å². The van der Waals surface area contributed by atoms with E-state index in [2.05, 4.69) is 20.8 Å². The summed E-state index contributed by atoms with van der Waals surface area (Å²) in [6.45, 7) is 1.14. The van der Waals surface area contributed by atoms with Gasteiger partial charge in [-0.15, -0.1) is 10.2 Å². The molecule has 5 nitrogen and oxygen atoms in total. The van der Waals surface area contributed by atoms with Crippen LogP contribution in [-0.4, -0.2) is 42.6 Å². The quantitative estimate of drug-likeness (QED) is 0.753. The van der Waals surface area contributed by atoms with E-state index in [9.17, 15) is 4.39 Å². The molecule has 0 saturated carbocycles. The highest BCUT2D eigenvalue weighted by atomic mass is 19.1. The van der Waals surface area contributed by atoms with Crippen LogP contribution < -0.4 is 15.4 Å². The molecule has 6 heteroatoms. The standard InChI is InChI=1S/C20H21FN4O/c1-26-16-8-6-13(7-9-16)19-17-4-2-3-5-18(17)20(25-24-19)23-15-10-14(21)11-22-12-15/h2-9,14-15,22H,10-12H2,1H3,(H,23,25)/t14-,15-/m1/s1. The number of fused-ring (bicyclic) bond motifs is 1. The lowest BCUT2D eigenvalue weighted by molar-refractivity contribution is 0.255. The molecule has 3 aromatic rings.